The van der Waals surface area contributed by atoms with E-state index in [1.54, 1.807) is 10.9 Å². The summed E-state index contributed by atoms with van der Waals surface area (Å²) in [5.41, 5.74) is 2.35. The number of rotatable bonds is 4. The van der Waals surface area contributed by atoms with Crippen molar-refractivity contribution in [3.8, 4) is 0 Å². The van der Waals surface area contributed by atoms with Crippen LogP contribution in [0.4, 0.5) is 4.79 Å². The molecule has 0 aliphatic carbocycles. The zero-order valence-electron chi connectivity index (χ0n) is 13.7. The van der Waals surface area contributed by atoms with E-state index < -0.39 is 24.1 Å². The fraction of sp³-hybridized carbons (Fsp3) is 0.353. The predicted octanol–water partition coefficient (Wildman–Crippen LogP) is 1.52. The number of carbonyl (C=O) groups is 2. The maximum Gasteiger partial charge on any atom is 0.345 e. The van der Waals surface area contributed by atoms with Crippen molar-refractivity contribution in [2.75, 3.05) is 13.7 Å². The molecule has 2 aliphatic rings. The smallest absolute Gasteiger partial charge is 0.345 e. The summed E-state index contributed by atoms with van der Waals surface area (Å²) >= 11 is 0. The number of methoxy groups -OCH3 is 1. The molecule has 2 aromatic rings. The first-order valence-electron chi connectivity index (χ1n) is 8.08. The molecule has 2 amide bonds. The lowest BCUT2D eigenvalue weighted by atomic mass is 9.98. The second-order valence-corrected chi connectivity index (χ2v) is 6.19. The summed E-state index contributed by atoms with van der Waals surface area (Å²) < 4.78 is 6.59. The van der Waals surface area contributed by atoms with Crippen LogP contribution < -0.4 is 0 Å². The van der Waals surface area contributed by atoms with Crippen molar-refractivity contribution in [2.45, 2.75) is 25.0 Å². The van der Waals surface area contributed by atoms with Crippen LogP contribution in [0.1, 0.15) is 28.9 Å². The largest absolute Gasteiger partial charge is 0.467 e. The molecule has 2 atom stereocenters. The van der Waals surface area contributed by atoms with Gasteiger partial charge in [0.15, 0.2) is 6.04 Å². The summed E-state index contributed by atoms with van der Waals surface area (Å²) in [7, 11) is 1.28. The molecule has 8 heteroatoms. The Balaban J connectivity index is 1.64. The van der Waals surface area contributed by atoms with E-state index in [1.807, 2.05) is 30.3 Å². The van der Waals surface area contributed by atoms with Crippen molar-refractivity contribution >= 4 is 12.0 Å². The maximum atomic E-state index is 12.2. The Labute approximate surface area is 144 Å². The molecule has 25 heavy (non-hydrogen) atoms. The van der Waals surface area contributed by atoms with Crippen LogP contribution in [0.15, 0.2) is 36.5 Å². The Morgan fingerprint density at radius 3 is 2.84 bits per heavy atom. The highest BCUT2D eigenvalue weighted by Gasteiger charge is 2.52. The second-order valence-electron chi connectivity index (χ2n) is 6.19. The number of nitrogens with zero attached hydrogens (tertiary/aromatic N) is 4. The van der Waals surface area contributed by atoms with E-state index in [-0.39, 0.29) is 6.54 Å². The van der Waals surface area contributed by atoms with E-state index in [0.717, 1.165) is 6.42 Å². The van der Waals surface area contributed by atoms with Gasteiger partial charge in [-0.25, -0.2) is 9.59 Å². The number of aryl methyl sites for hydroxylation is 2. The molecule has 130 valence electrons. The van der Waals surface area contributed by atoms with Gasteiger partial charge in [-0.05, 0) is 12.0 Å². The number of aromatic nitrogens is 2. The third-order valence-corrected chi connectivity index (χ3v) is 4.75. The first kappa shape index (κ1) is 15.6. The lowest BCUT2D eigenvalue weighted by molar-refractivity contribution is -0.146. The van der Waals surface area contributed by atoms with Gasteiger partial charge >= 0.3 is 12.0 Å². The second kappa shape index (κ2) is 5.89. The number of ether oxygens (including phenoxy) is 1. The molecule has 2 aliphatic heterocycles. The van der Waals surface area contributed by atoms with Gasteiger partial charge in [-0.2, -0.15) is 10.2 Å². The molecular weight excluding hydrogens is 324 g/mol. The third kappa shape index (κ3) is 2.45. The molecule has 1 fully saturated rings. The van der Waals surface area contributed by atoms with Crippen molar-refractivity contribution < 1.29 is 19.5 Å². The summed E-state index contributed by atoms with van der Waals surface area (Å²) in [6.45, 7) is 0.878. The van der Waals surface area contributed by atoms with Gasteiger partial charge in [0.25, 0.3) is 0 Å². The molecule has 4 rings (SSSR count). The van der Waals surface area contributed by atoms with Gasteiger partial charge in [-0.3, -0.25) is 9.89 Å². The van der Waals surface area contributed by atoms with E-state index >= 15 is 0 Å². The number of fused-ring (bicyclic) bond motifs is 4. The van der Waals surface area contributed by atoms with Gasteiger partial charge in [0.2, 0.25) is 0 Å². The van der Waals surface area contributed by atoms with E-state index in [0.29, 0.717) is 22.9 Å². The topological polar surface area (TPSA) is 87.9 Å². The SMILES string of the molecule is COC(=O)C1c2nn(CCc3ccccc3)cc2[C@H]2CN1C(=O)N2O. The summed E-state index contributed by atoms with van der Waals surface area (Å²) in [6, 6.07) is 8.00. The number of hydroxylamine groups is 2. The molecular formula is C17H18N4O4. The zero-order chi connectivity index (χ0) is 17.6. The quantitative estimate of drug-likeness (QED) is 0.672. The molecule has 1 aromatic carbocycles. The minimum Gasteiger partial charge on any atom is -0.467 e. The van der Waals surface area contributed by atoms with Crippen LogP contribution in [0.5, 0.6) is 0 Å². The van der Waals surface area contributed by atoms with Gasteiger partial charge in [-0.15, -0.1) is 0 Å². The Bertz CT molecular complexity index is 819. The van der Waals surface area contributed by atoms with E-state index in [1.165, 1.54) is 17.6 Å². The molecule has 0 spiro atoms. The van der Waals surface area contributed by atoms with E-state index in [9.17, 15) is 14.8 Å². The van der Waals surface area contributed by atoms with Gasteiger partial charge in [0, 0.05) is 18.3 Å². The number of benzene rings is 1. The number of hydrogen-bond acceptors (Lipinski definition) is 5. The minimum absolute atomic E-state index is 0.243. The van der Waals surface area contributed by atoms with E-state index in [2.05, 4.69) is 5.10 Å². The first-order chi connectivity index (χ1) is 12.1. The number of amides is 2. The van der Waals surface area contributed by atoms with Gasteiger partial charge in [0.1, 0.15) is 11.7 Å². The summed E-state index contributed by atoms with van der Waals surface area (Å²) in [5.74, 6) is -0.559. The molecule has 8 nitrogen and oxygen atoms in total. The average molecular weight is 342 g/mol. The molecule has 1 saturated heterocycles. The highest BCUT2D eigenvalue weighted by molar-refractivity contribution is 5.87. The summed E-state index contributed by atoms with van der Waals surface area (Å²) in [5, 5.41) is 15.2. The van der Waals surface area contributed by atoms with Crippen LogP contribution >= 0.6 is 0 Å². The van der Waals surface area contributed by atoms with Crippen LogP contribution in [-0.4, -0.2) is 50.6 Å². The summed E-state index contributed by atoms with van der Waals surface area (Å²) in [6.07, 6.45) is 2.60. The van der Waals surface area contributed by atoms with Gasteiger partial charge in [0.05, 0.1) is 13.7 Å². The molecule has 2 bridgehead atoms. The standard InChI is InChI=1S/C17H18N4O4/c1-25-16(22)15-14-12(13-10-20(15)17(23)21(13)24)9-19(18-14)8-7-11-5-3-2-4-6-11/h2-6,9,13,15,24H,7-8,10H2,1H3/t13-,15?/m1/s1. The van der Waals surface area contributed by atoms with Crippen molar-refractivity contribution in [1.29, 1.82) is 0 Å². The Kier molecular flexibility index (Phi) is 3.69. The molecule has 3 heterocycles. The van der Waals surface area contributed by atoms with Gasteiger partial charge in [-0.1, -0.05) is 30.3 Å². The highest BCUT2D eigenvalue weighted by Crippen LogP contribution is 2.42. The molecule has 1 N–H and O–H groups in total. The van der Waals surface area contributed by atoms with Crippen LogP contribution in [0.2, 0.25) is 0 Å². The lowest BCUT2D eigenvalue weighted by Gasteiger charge is -2.27. The fourth-order valence-electron chi connectivity index (χ4n) is 3.47. The van der Waals surface area contributed by atoms with Crippen molar-refractivity contribution in [3.63, 3.8) is 0 Å². The fourth-order valence-corrected chi connectivity index (χ4v) is 3.47. The Morgan fingerprint density at radius 1 is 1.36 bits per heavy atom. The number of esters is 1. The van der Waals surface area contributed by atoms with Crippen molar-refractivity contribution in [3.05, 3.63) is 53.3 Å². The Morgan fingerprint density at radius 2 is 2.12 bits per heavy atom. The third-order valence-electron chi connectivity index (χ3n) is 4.75. The molecule has 1 unspecified atom stereocenters. The van der Waals surface area contributed by atoms with Crippen LogP contribution in [0.25, 0.3) is 0 Å². The number of hydrogen-bond donors (Lipinski definition) is 1. The average Bonchev–Trinajstić information content (AvgIpc) is 3.17. The molecule has 0 saturated carbocycles. The zero-order valence-corrected chi connectivity index (χ0v) is 13.7. The van der Waals surface area contributed by atoms with Gasteiger partial charge < -0.3 is 9.64 Å². The number of urea groups is 1. The minimum atomic E-state index is -0.918. The normalized spacial score (nSPS) is 21.4. The maximum absolute atomic E-state index is 12.2. The van der Waals surface area contributed by atoms with Crippen LogP contribution in [0.3, 0.4) is 0 Å². The van der Waals surface area contributed by atoms with Crippen LogP contribution in [-0.2, 0) is 22.5 Å². The van der Waals surface area contributed by atoms with Crippen molar-refractivity contribution in [1.82, 2.24) is 19.7 Å². The molecule has 1 aromatic heterocycles. The predicted molar refractivity (Wildman–Crippen MR) is 85.6 cm³/mol. The van der Waals surface area contributed by atoms with Crippen molar-refractivity contribution in [2.24, 2.45) is 0 Å². The number of carbonyl (C=O) groups excluding carboxylic acids is 2. The Hall–Kier alpha value is -2.87. The lowest BCUT2D eigenvalue weighted by Crippen LogP contribution is -2.39. The molecule has 0 radical (unpaired) electrons. The monoisotopic (exact) mass is 342 g/mol. The summed E-state index contributed by atoms with van der Waals surface area (Å²) in [4.78, 5) is 25.6. The van der Waals surface area contributed by atoms with E-state index in [4.69, 9.17) is 4.74 Å². The van der Waals surface area contributed by atoms with Crippen LogP contribution in [0, 0.1) is 0 Å². The first-order valence-corrected chi connectivity index (χ1v) is 8.08. The highest BCUT2D eigenvalue weighted by atomic mass is 16.5.